The van der Waals surface area contributed by atoms with Crippen LogP contribution in [0.1, 0.15) is 23.4 Å². The quantitative estimate of drug-likeness (QED) is 0.727. The second kappa shape index (κ2) is 6.58. The smallest absolute Gasteiger partial charge is 0.315 e. The SMILES string of the molecule is Cc1ccc(CNC(=O)NCCC(=O)O)nc1C. The summed E-state index contributed by atoms with van der Waals surface area (Å²) in [6, 6.07) is 3.40. The number of nitrogens with one attached hydrogen (secondary N) is 2. The molecule has 0 saturated carbocycles. The van der Waals surface area contributed by atoms with E-state index in [9.17, 15) is 9.59 Å². The van der Waals surface area contributed by atoms with Crippen LogP contribution < -0.4 is 10.6 Å². The summed E-state index contributed by atoms with van der Waals surface area (Å²) in [6.45, 7) is 4.31. The first-order valence-corrected chi connectivity index (χ1v) is 5.65. The number of aryl methyl sites for hydroxylation is 2. The number of carboxylic acids is 1. The number of rotatable bonds is 5. The molecule has 1 rings (SSSR count). The van der Waals surface area contributed by atoms with Crippen molar-refractivity contribution < 1.29 is 14.7 Å². The molecule has 18 heavy (non-hydrogen) atoms. The van der Waals surface area contributed by atoms with E-state index in [4.69, 9.17) is 5.11 Å². The van der Waals surface area contributed by atoms with Gasteiger partial charge >= 0.3 is 12.0 Å². The fraction of sp³-hybridized carbons (Fsp3) is 0.417. The van der Waals surface area contributed by atoms with Gasteiger partial charge in [0.2, 0.25) is 0 Å². The van der Waals surface area contributed by atoms with Crippen LogP contribution in [0.2, 0.25) is 0 Å². The summed E-state index contributed by atoms with van der Waals surface area (Å²) >= 11 is 0. The van der Waals surface area contributed by atoms with E-state index in [-0.39, 0.29) is 13.0 Å². The van der Waals surface area contributed by atoms with E-state index in [1.54, 1.807) is 0 Å². The lowest BCUT2D eigenvalue weighted by molar-refractivity contribution is -0.136. The number of aromatic nitrogens is 1. The number of urea groups is 1. The molecule has 0 unspecified atom stereocenters. The molecular formula is C12H17N3O3. The van der Waals surface area contributed by atoms with Crippen molar-refractivity contribution in [2.45, 2.75) is 26.8 Å². The summed E-state index contributed by atoms with van der Waals surface area (Å²) in [5.74, 6) is -0.939. The highest BCUT2D eigenvalue weighted by atomic mass is 16.4. The van der Waals surface area contributed by atoms with Crippen molar-refractivity contribution >= 4 is 12.0 Å². The summed E-state index contributed by atoms with van der Waals surface area (Å²) in [7, 11) is 0. The number of hydrogen-bond donors (Lipinski definition) is 3. The molecule has 0 aliphatic carbocycles. The molecule has 0 radical (unpaired) electrons. The highest BCUT2D eigenvalue weighted by molar-refractivity contribution is 5.74. The monoisotopic (exact) mass is 251 g/mol. The van der Waals surface area contributed by atoms with Gasteiger partial charge in [-0.05, 0) is 25.5 Å². The number of pyridine rings is 1. The number of amides is 2. The third-order valence-electron chi connectivity index (χ3n) is 2.46. The normalized spacial score (nSPS) is 9.89. The molecule has 3 N–H and O–H groups in total. The molecule has 0 aromatic carbocycles. The van der Waals surface area contributed by atoms with E-state index in [2.05, 4.69) is 15.6 Å². The number of carboxylic acid groups (broad SMARTS) is 1. The van der Waals surface area contributed by atoms with Gasteiger partial charge in [-0.2, -0.15) is 0 Å². The van der Waals surface area contributed by atoms with Crippen molar-refractivity contribution in [1.29, 1.82) is 0 Å². The molecule has 2 amide bonds. The molecular weight excluding hydrogens is 234 g/mol. The van der Waals surface area contributed by atoms with E-state index in [1.807, 2.05) is 26.0 Å². The van der Waals surface area contributed by atoms with Gasteiger partial charge < -0.3 is 15.7 Å². The third kappa shape index (κ3) is 4.82. The molecule has 0 aliphatic heterocycles. The van der Waals surface area contributed by atoms with Crippen LogP contribution in [0.3, 0.4) is 0 Å². The molecule has 6 heteroatoms. The largest absolute Gasteiger partial charge is 0.481 e. The number of carbonyl (C=O) groups excluding carboxylic acids is 1. The van der Waals surface area contributed by atoms with Crippen LogP contribution in [0.5, 0.6) is 0 Å². The van der Waals surface area contributed by atoms with E-state index in [1.165, 1.54) is 0 Å². The predicted octanol–water partition coefficient (Wildman–Crippen LogP) is 0.972. The maximum absolute atomic E-state index is 11.3. The lowest BCUT2D eigenvalue weighted by Crippen LogP contribution is -2.36. The van der Waals surface area contributed by atoms with Crippen molar-refractivity contribution in [3.63, 3.8) is 0 Å². The maximum Gasteiger partial charge on any atom is 0.315 e. The van der Waals surface area contributed by atoms with Gasteiger partial charge in [0.25, 0.3) is 0 Å². The van der Waals surface area contributed by atoms with Crippen molar-refractivity contribution in [3.05, 3.63) is 29.1 Å². The Kier molecular flexibility index (Phi) is 5.10. The topological polar surface area (TPSA) is 91.3 Å². The van der Waals surface area contributed by atoms with Crippen LogP contribution in [0, 0.1) is 13.8 Å². The third-order valence-corrected chi connectivity index (χ3v) is 2.46. The average molecular weight is 251 g/mol. The standard InChI is InChI=1S/C12H17N3O3/c1-8-3-4-10(15-9(8)2)7-14-12(18)13-6-5-11(16)17/h3-4H,5-7H2,1-2H3,(H,16,17)(H2,13,14,18). The average Bonchev–Trinajstić information content (AvgIpc) is 2.30. The van der Waals surface area contributed by atoms with Gasteiger partial charge in [-0.1, -0.05) is 6.07 Å². The van der Waals surface area contributed by atoms with Gasteiger partial charge in [-0.25, -0.2) is 4.79 Å². The number of aliphatic carboxylic acids is 1. The minimum absolute atomic E-state index is 0.0880. The Morgan fingerprint density at radius 3 is 2.61 bits per heavy atom. The van der Waals surface area contributed by atoms with Gasteiger partial charge in [0, 0.05) is 12.2 Å². The van der Waals surface area contributed by atoms with Gasteiger partial charge in [0.1, 0.15) is 0 Å². The van der Waals surface area contributed by atoms with Crippen LogP contribution >= 0.6 is 0 Å². The Morgan fingerprint density at radius 2 is 2.00 bits per heavy atom. The second-order valence-electron chi connectivity index (χ2n) is 3.96. The first-order chi connectivity index (χ1) is 8.49. The predicted molar refractivity (Wildman–Crippen MR) is 66.2 cm³/mol. The molecule has 0 aliphatic rings. The van der Waals surface area contributed by atoms with Crippen LogP contribution in [-0.2, 0) is 11.3 Å². The van der Waals surface area contributed by atoms with Gasteiger partial charge in [-0.3, -0.25) is 9.78 Å². The molecule has 1 aromatic heterocycles. The Hall–Kier alpha value is -2.11. The summed E-state index contributed by atoms with van der Waals surface area (Å²) in [6.07, 6.45) is -0.0880. The number of nitrogens with zero attached hydrogens (tertiary/aromatic N) is 1. The number of carbonyl (C=O) groups is 2. The first-order valence-electron chi connectivity index (χ1n) is 5.65. The molecule has 1 aromatic rings. The maximum atomic E-state index is 11.3. The van der Waals surface area contributed by atoms with Crippen LogP contribution in [-0.4, -0.2) is 28.6 Å². The van der Waals surface area contributed by atoms with E-state index in [0.717, 1.165) is 17.0 Å². The van der Waals surface area contributed by atoms with Crippen LogP contribution in [0.4, 0.5) is 4.79 Å². The molecule has 6 nitrogen and oxygen atoms in total. The molecule has 0 bridgehead atoms. The van der Waals surface area contributed by atoms with Gasteiger partial charge in [0.05, 0.1) is 18.7 Å². The van der Waals surface area contributed by atoms with Crippen molar-refractivity contribution in [2.75, 3.05) is 6.54 Å². The lowest BCUT2D eigenvalue weighted by atomic mass is 10.2. The van der Waals surface area contributed by atoms with Crippen molar-refractivity contribution in [3.8, 4) is 0 Å². The summed E-state index contributed by atoms with van der Waals surface area (Å²) in [5.41, 5.74) is 2.80. The number of hydrogen-bond acceptors (Lipinski definition) is 3. The molecule has 0 atom stereocenters. The van der Waals surface area contributed by atoms with Gasteiger partial charge in [0.15, 0.2) is 0 Å². The fourth-order valence-electron chi connectivity index (χ4n) is 1.30. The zero-order valence-corrected chi connectivity index (χ0v) is 10.5. The second-order valence-corrected chi connectivity index (χ2v) is 3.96. The zero-order valence-electron chi connectivity index (χ0n) is 10.5. The fourth-order valence-corrected chi connectivity index (χ4v) is 1.30. The zero-order chi connectivity index (χ0) is 13.5. The molecule has 1 heterocycles. The summed E-state index contributed by atoms with van der Waals surface area (Å²) in [5, 5.41) is 13.5. The summed E-state index contributed by atoms with van der Waals surface area (Å²) < 4.78 is 0. The Labute approximate surface area is 105 Å². The first kappa shape index (κ1) is 14.0. The molecule has 0 spiro atoms. The minimum atomic E-state index is -0.939. The van der Waals surface area contributed by atoms with Crippen LogP contribution in [0.15, 0.2) is 12.1 Å². The molecule has 0 saturated heterocycles. The highest BCUT2D eigenvalue weighted by Crippen LogP contribution is 2.04. The highest BCUT2D eigenvalue weighted by Gasteiger charge is 2.03. The Bertz CT molecular complexity index is 446. The van der Waals surface area contributed by atoms with E-state index in [0.29, 0.717) is 6.54 Å². The van der Waals surface area contributed by atoms with E-state index >= 15 is 0 Å². The van der Waals surface area contributed by atoms with Crippen molar-refractivity contribution in [1.82, 2.24) is 15.6 Å². The van der Waals surface area contributed by atoms with E-state index < -0.39 is 12.0 Å². The molecule has 0 fully saturated rings. The van der Waals surface area contributed by atoms with Crippen LogP contribution in [0.25, 0.3) is 0 Å². The minimum Gasteiger partial charge on any atom is -0.481 e. The molecule has 98 valence electrons. The van der Waals surface area contributed by atoms with Crippen molar-refractivity contribution in [2.24, 2.45) is 0 Å². The Morgan fingerprint density at radius 1 is 1.28 bits per heavy atom. The lowest BCUT2D eigenvalue weighted by Gasteiger charge is -2.07. The van der Waals surface area contributed by atoms with Gasteiger partial charge in [-0.15, -0.1) is 0 Å². The summed E-state index contributed by atoms with van der Waals surface area (Å²) in [4.78, 5) is 25.9. The Balaban J connectivity index is 2.33.